The Morgan fingerprint density at radius 3 is 1.63 bits per heavy atom. The molecule has 0 aliphatic rings. The van der Waals surface area contributed by atoms with Crippen LogP contribution in [0.5, 0.6) is 0 Å². The zero-order chi connectivity index (χ0) is 32.3. The standard InChI is InChI=1S/C13H10BrN2O.2C11H13N3.Os/c14-9-13(17)16-11-5-3-4-10(8-11)12-6-1-2-7-15-12;2*1-8-9(2)13-14(10(8)3)11-6-4-5-7-12-11;/h1-3,5-8H,9H2,(H,16,17);2*4-7H,1-3H3;/q-1;;;+1. The summed E-state index contributed by atoms with van der Waals surface area (Å²) in [5.41, 5.74) is 9.34. The molecular weight excluding hydrogens is 819 g/mol. The molecule has 6 aromatic rings. The molecule has 11 heteroatoms. The maximum absolute atomic E-state index is 11.2. The van der Waals surface area contributed by atoms with Gasteiger partial charge in [0.1, 0.15) is 0 Å². The Kier molecular flexibility index (Phi) is 13.7. The maximum atomic E-state index is 11.2. The molecule has 237 valence electrons. The molecule has 0 spiro atoms. The average Bonchev–Trinajstić information content (AvgIpc) is 3.50. The van der Waals surface area contributed by atoms with E-state index in [0.29, 0.717) is 0 Å². The number of halogens is 1. The zero-order valence-corrected chi connectivity index (χ0v) is 30.8. The quantitative estimate of drug-likeness (QED) is 0.145. The summed E-state index contributed by atoms with van der Waals surface area (Å²) in [6.45, 7) is 12.3. The van der Waals surface area contributed by atoms with Crippen molar-refractivity contribution in [2.75, 3.05) is 10.6 Å². The summed E-state index contributed by atoms with van der Waals surface area (Å²) in [5, 5.41) is 11.9. The summed E-state index contributed by atoms with van der Waals surface area (Å²) in [5.74, 6) is 1.67. The van der Waals surface area contributed by atoms with Gasteiger partial charge in [0, 0.05) is 30.0 Å². The van der Waals surface area contributed by atoms with Gasteiger partial charge in [-0.25, -0.2) is 19.3 Å². The number of aryl methyl sites for hydroxylation is 2. The number of carbonyl (C=O) groups is 1. The van der Waals surface area contributed by atoms with Crippen LogP contribution in [-0.2, 0) is 24.6 Å². The van der Waals surface area contributed by atoms with Crippen molar-refractivity contribution in [1.82, 2.24) is 34.5 Å². The topological polar surface area (TPSA) is 103 Å². The van der Waals surface area contributed by atoms with E-state index in [9.17, 15) is 4.79 Å². The minimum absolute atomic E-state index is 0. The van der Waals surface area contributed by atoms with Crippen LogP contribution >= 0.6 is 15.9 Å². The number of rotatable bonds is 5. The smallest absolute Gasteiger partial charge is 0.343 e. The van der Waals surface area contributed by atoms with Gasteiger partial charge in [0.25, 0.3) is 0 Å². The van der Waals surface area contributed by atoms with Crippen molar-refractivity contribution >= 4 is 27.5 Å². The monoisotopic (exact) mass is 855 g/mol. The number of amides is 1. The van der Waals surface area contributed by atoms with Crippen molar-refractivity contribution < 1.29 is 24.6 Å². The number of anilines is 1. The molecule has 1 N–H and O–H groups in total. The van der Waals surface area contributed by atoms with Gasteiger partial charge in [-0.05, 0) is 94.4 Å². The van der Waals surface area contributed by atoms with Gasteiger partial charge in [0.05, 0.1) is 16.7 Å². The number of hydrogen-bond donors (Lipinski definition) is 1. The van der Waals surface area contributed by atoms with Gasteiger partial charge in [-0.1, -0.05) is 40.2 Å². The second-order valence-corrected chi connectivity index (χ2v) is 10.7. The Hall–Kier alpha value is -4.32. The number of hydrogen-bond acceptors (Lipinski definition) is 6. The molecule has 0 saturated carbocycles. The van der Waals surface area contributed by atoms with Gasteiger partial charge in [-0.15, -0.1) is 29.8 Å². The van der Waals surface area contributed by atoms with Gasteiger partial charge in [-0.2, -0.15) is 10.2 Å². The third-order valence-electron chi connectivity index (χ3n) is 7.19. The second-order valence-electron chi connectivity index (χ2n) is 10.2. The van der Waals surface area contributed by atoms with E-state index in [4.69, 9.17) is 0 Å². The van der Waals surface area contributed by atoms with Crippen LogP contribution < -0.4 is 5.32 Å². The molecule has 46 heavy (non-hydrogen) atoms. The van der Waals surface area contributed by atoms with Crippen molar-refractivity contribution in [3.8, 4) is 22.9 Å². The summed E-state index contributed by atoms with van der Waals surface area (Å²) in [7, 11) is 0. The van der Waals surface area contributed by atoms with Crippen LogP contribution in [-0.4, -0.2) is 45.8 Å². The van der Waals surface area contributed by atoms with E-state index in [2.05, 4.69) is 80.2 Å². The Bertz CT molecular complexity index is 1750. The fourth-order valence-electron chi connectivity index (χ4n) is 4.25. The van der Waals surface area contributed by atoms with E-state index >= 15 is 0 Å². The molecule has 0 aliphatic heterocycles. The minimum atomic E-state index is -0.0804. The Balaban J connectivity index is 0.000000187. The van der Waals surface area contributed by atoms with E-state index < -0.39 is 0 Å². The number of nitrogens with one attached hydrogen (secondary N) is 1. The molecule has 0 aliphatic carbocycles. The van der Waals surface area contributed by atoms with Crippen LogP contribution in [0.1, 0.15) is 33.9 Å². The van der Waals surface area contributed by atoms with Crippen molar-refractivity contribution in [1.29, 1.82) is 0 Å². The van der Waals surface area contributed by atoms with Gasteiger partial charge >= 0.3 is 19.8 Å². The average molecular weight is 855 g/mol. The third kappa shape index (κ3) is 9.35. The largest absolute Gasteiger partial charge is 1.00 e. The van der Waals surface area contributed by atoms with E-state index in [1.54, 1.807) is 30.7 Å². The fourth-order valence-corrected chi connectivity index (χ4v) is 4.39. The van der Waals surface area contributed by atoms with Crippen molar-refractivity contribution in [2.45, 2.75) is 41.5 Å². The van der Waals surface area contributed by atoms with Crippen molar-refractivity contribution in [3.63, 3.8) is 0 Å². The van der Waals surface area contributed by atoms with Crippen LogP contribution in [0.15, 0.2) is 91.4 Å². The third-order valence-corrected chi connectivity index (χ3v) is 7.70. The minimum Gasteiger partial charge on any atom is -0.343 e. The SMILES string of the molecule is Cc1nn(-c2ccccn2)c(C)c1C.Cc1nn(-c2ccccn2)c(C)c1C.O=C(CBr)Nc1cc[c-]c(-c2ccccn2)c1.[Os+]. The maximum Gasteiger partial charge on any atom is 1.00 e. The van der Waals surface area contributed by atoms with Crippen LogP contribution in [0, 0.1) is 47.6 Å². The van der Waals surface area contributed by atoms with Crippen LogP contribution in [0.25, 0.3) is 22.9 Å². The van der Waals surface area contributed by atoms with Crippen LogP contribution in [0.4, 0.5) is 5.69 Å². The molecule has 5 heterocycles. The summed E-state index contributed by atoms with van der Waals surface area (Å²) in [6, 6.07) is 25.9. The van der Waals surface area contributed by atoms with Crippen molar-refractivity contribution in [3.05, 3.63) is 131 Å². The number of nitrogens with zero attached hydrogens (tertiary/aromatic N) is 7. The molecule has 0 fully saturated rings. The second kappa shape index (κ2) is 17.4. The zero-order valence-electron chi connectivity index (χ0n) is 26.6. The van der Waals surface area contributed by atoms with Gasteiger partial charge in [0.15, 0.2) is 11.6 Å². The van der Waals surface area contributed by atoms with E-state index in [-0.39, 0.29) is 31.0 Å². The molecule has 9 nitrogen and oxygen atoms in total. The number of pyridine rings is 3. The predicted octanol–water partition coefficient (Wildman–Crippen LogP) is 7.26. The summed E-state index contributed by atoms with van der Waals surface area (Å²) in [6.07, 6.45) is 5.29. The normalized spacial score (nSPS) is 10.1. The number of aromatic nitrogens is 7. The Labute approximate surface area is 291 Å². The first kappa shape index (κ1) is 36.1. The molecule has 0 saturated heterocycles. The number of carbonyl (C=O) groups excluding carboxylic acids is 1. The summed E-state index contributed by atoms with van der Waals surface area (Å²) < 4.78 is 3.76. The molecule has 1 aromatic carbocycles. The Morgan fingerprint density at radius 1 is 0.739 bits per heavy atom. The first-order chi connectivity index (χ1) is 21.7. The molecule has 0 unspecified atom stereocenters. The molecule has 0 bridgehead atoms. The molecular formula is C35H36BrN8OOs. The van der Waals surface area contributed by atoms with E-state index in [1.807, 2.05) is 83.9 Å². The van der Waals surface area contributed by atoms with Crippen LogP contribution in [0.3, 0.4) is 0 Å². The number of alkyl halides is 1. The molecule has 1 radical (unpaired) electrons. The van der Waals surface area contributed by atoms with Gasteiger partial charge in [-0.3, -0.25) is 4.79 Å². The van der Waals surface area contributed by atoms with E-state index in [1.165, 1.54) is 11.1 Å². The van der Waals surface area contributed by atoms with Gasteiger partial charge in [0.2, 0.25) is 5.91 Å². The van der Waals surface area contributed by atoms with Crippen LogP contribution in [0.2, 0.25) is 0 Å². The number of benzene rings is 1. The molecule has 6 rings (SSSR count). The molecule has 1 amide bonds. The summed E-state index contributed by atoms with van der Waals surface area (Å²) in [4.78, 5) is 24.0. The Morgan fingerprint density at radius 2 is 1.24 bits per heavy atom. The molecule has 0 atom stereocenters. The fraction of sp³-hybridized carbons (Fsp3) is 0.200. The summed E-state index contributed by atoms with van der Waals surface area (Å²) >= 11 is 3.10. The van der Waals surface area contributed by atoms with Gasteiger partial charge < -0.3 is 10.3 Å². The first-order valence-electron chi connectivity index (χ1n) is 14.4. The molecule has 5 aromatic heterocycles. The van der Waals surface area contributed by atoms with Crippen molar-refractivity contribution in [2.24, 2.45) is 0 Å². The van der Waals surface area contributed by atoms with E-state index in [0.717, 1.165) is 51.4 Å². The predicted molar refractivity (Wildman–Crippen MR) is 182 cm³/mol. The first-order valence-corrected chi connectivity index (χ1v) is 15.5.